The van der Waals surface area contributed by atoms with E-state index in [9.17, 15) is 10.0 Å². The van der Waals surface area contributed by atoms with Crippen LogP contribution in [0.5, 0.6) is 0 Å². The molecular weight excluding hydrogens is 182 g/mol. The molecule has 2 unspecified atom stereocenters. The molecule has 1 fully saturated rings. The van der Waals surface area contributed by atoms with Gasteiger partial charge in [-0.05, 0) is 5.18 Å². The summed E-state index contributed by atoms with van der Waals surface area (Å²) in [4.78, 5) is 10.1. The third kappa shape index (κ3) is 1.84. The first-order valence-electron chi connectivity index (χ1n) is 3.74. The summed E-state index contributed by atoms with van der Waals surface area (Å²) in [6.07, 6.45) is -7.06. The van der Waals surface area contributed by atoms with E-state index in [1.165, 1.54) is 0 Å². The van der Waals surface area contributed by atoms with E-state index >= 15 is 0 Å². The van der Waals surface area contributed by atoms with Crippen molar-refractivity contribution in [1.29, 1.82) is 0 Å². The van der Waals surface area contributed by atoms with E-state index in [2.05, 4.69) is 5.18 Å². The summed E-state index contributed by atoms with van der Waals surface area (Å²) in [6.45, 7) is -0.559. The fourth-order valence-corrected chi connectivity index (χ4v) is 1.17. The Morgan fingerprint density at radius 1 is 1.15 bits per heavy atom. The average Bonchev–Trinajstić information content (AvgIpc) is 2.15. The fraction of sp³-hybridized carbons (Fsp3) is 1.00. The number of hydrogen-bond acceptors (Lipinski definition) is 7. The van der Waals surface area contributed by atoms with Gasteiger partial charge in [0.15, 0.2) is 0 Å². The van der Waals surface area contributed by atoms with Gasteiger partial charge in [0.25, 0.3) is 0 Å². The van der Waals surface area contributed by atoms with Gasteiger partial charge in [0.2, 0.25) is 6.23 Å². The molecule has 1 aliphatic heterocycles. The van der Waals surface area contributed by atoms with Gasteiger partial charge < -0.3 is 25.2 Å². The molecule has 0 aromatic heterocycles. The number of nitroso groups, excluding NO2 is 1. The Bertz CT molecular complexity index is 186. The predicted octanol–water partition coefficient (Wildman–Crippen LogP) is -2.45. The molecule has 1 heterocycles. The lowest BCUT2D eigenvalue weighted by Crippen LogP contribution is -2.57. The van der Waals surface area contributed by atoms with E-state index in [-0.39, 0.29) is 0 Å². The predicted molar refractivity (Wildman–Crippen MR) is 39.6 cm³/mol. The lowest BCUT2D eigenvalue weighted by molar-refractivity contribution is -0.227. The summed E-state index contributed by atoms with van der Waals surface area (Å²) < 4.78 is 4.69. The third-order valence-electron chi connectivity index (χ3n) is 1.97. The quantitative estimate of drug-likeness (QED) is 0.361. The van der Waals surface area contributed by atoms with Crippen LogP contribution in [0.15, 0.2) is 5.18 Å². The highest BCUT2D eigenvalue weighted by Crippen LogP contribution is 2.21. The summed E-state index contributed by atoms with van der Waals surface area (Å²) in [7, 11) is 0. The molecule has 0 aromatic carbocycles. The Labute approximate surface area is 73.5 Å². The second-order valence-electron chi connectivity index (χ2n) is 2.82. The van der Waals surface area contributed by atoms with Crippen molar-refractivity contribution in [2.75, 3.05) is 6.61 Å². The van der Waals surface area contributed by atoms with Crippen LogP contribution in [0.2, 0.25) is 0 Å². The Balaban J connectivity index is 2.71. The van der Waals surface area contributed by atoms with Crippen LogP contribution < -0.4 is 0 Å². The highest BCUT2D eigenvalue weighted by atomic mass is 16.6. The number of aliphatic hydroxyl groups excluding tert-OH is 4. The molecule has 0 aromatic rings. The molecule has 0 radical (unpaired) electrons. The minimum atomic E-state index is -1.56. The zero-order valence-electron chi connectivity index (χ0n) is 6.65. The van der Waals surface area contributed by atoms with Crippen molar-refractivity contribution in [3.63, 3.8) is 0 Å². The first kappa shape index (κ1) is 10.5. The highest BCUT2D eigenvalue weighted by molar-refractivity contribution is 4.90. The van der Waals surface area contributed by atoms with Crippen LogP contribution in [0.3, 0.4) is 0 Å². The summed E-state index contributed by atoms with van der Waals surface area (Å²) in [6, 6.07) is 0. The van der Waals surface area contributed by atoms with Crippen LogP contribution in [0.1, 0.15) is 0 Å². The molecule has 0 saturated carbocycles. The SMILES string of the molecule is O=N[C@@H]1OC(CO)[C@@H](O)[C@H](O)C1O. The molecular formula is C6H11NO6. The van der Waals surface area contributed by atoms with E-state index in [1.807, 2.05) is 0 Å². The topological polar surface area (TPSA) is 120 Å². The smallest absolute Gasteiger partial charge is 0.218 e. The second kappa shape index (κ2) is 4.07. The monoisotopic (exact) mass is 193 g/mol. The molecule has 1 saturated heterocycles. The molecule has 5 atom stereocenters. The largest absolute Gasteiger partial charge is 0.394 e. The summed E-state index contributed by atoms with van der Waals surface area (Å²) in [5.41, 5.74) is 0. The standard InChI is InChI=1S/C6H11NO6/c8-1-2-3(9)4(10)5(11)6(7-12)13-2/h2-6,8-11H,1H2/t2?,3-,4+,5?,6-/m1/s1. The maximum Gasteiger partial charge on any atom is 0.218 e. The lowest BCUT2D eigenvalue weighted by Gasteiger charge is -2.36. The van der Waals surface area contributed by atoms with Crippen LogP contribution >= 0.6 is 0 Å². The summed E-state index contributed by atoms with van der Waals surface area (Å²) >= 11 is 0. The van der Waals surface area contributed by atoms with Gasteiger partial charge in [-0.2, -0.15) is 0 Å². The van der Waals surface area contributed by atoms with Gasteiger partial charge in [-0.1, -0.05) is 0 Å². The van der Waals surface area contributed by atoms with Crippen LogP contribution in [0, 0.1) is 4.91 Å². The van der Waals surface area contributed by atoms with Gasteiger partial charge in [-0.15, -0.1) is 4.91 Å². The van der Waals surface area contributed by atoms with Gasteiger partial charge in [-0.25, -0.2) is 0 Å². The molecule has 7 heteroatoms. The fourth-order valence-electron chi connectivity index (χ4n) is 1.17. The molecule has 1 rings (SSSR count). The Kier molecular flexibility index (Phi) is 3.28. The molecule has 0 spiro atoms. The second-order valence-corrected chi connectivity index (χ2v) is 2.82. The van der Waals surface area contributed by atoms with Crippen LogP contribution in [-0.4, -0.2) is 57.7 Å². The lowest BCUT2D eigenvalue weighted by atomic mass is 9.99. The van der Waals surface area contributed by atoms with E-state index < -0.39 is 37.3 Å². The summed E-state index contributed by atoms with van der Waals surface area (Å²) in [5.74, 6) is 0. The molecule has 13 heavy (non-hydrogen) atoms. The number of rotatable bonds is 2. The van der Waals surface area contributed by atoms with E-state index in [1.54, 1.807) is 0 Å². The maximum absolute atomic E-state index is 10.1. The van der Waals surface area contributed by atoms with Crippen molar-refractivity contribution in [1.82, 2.24) is 0 Å². The summed E-state index contributed by atoms with van der Waals surface area (Å²) in [5, 5.41) is 38.5. The molecule has 4 N–H and O–H groups in total. The maximum atomic E-state index is 10.1. The van der Waals surface area contributed by atoms with Crippen molar-refractivity contribution in [3.05, 3.63) is 4.91 Å². The van der Waals surface area contributed by atoms with Gasteiger partial charge >= 0.3 is 0 Å². The van der Waals surface area contributed by atoms with Gasteiger partial charge in [0, 0.05) is 0 Å². The Morgan fingerprint density at radius 2 is 1.77 bits per heavy atom. The first-order valence-corrected chi connectivity index (χ1v) is 3.74. The zero-order chi connectivity index (χ0) is 10.0. The normalized spacial score (nSPS) is 46.0. The van der Waals surface area contributed by atoms with Crippen LogP contribution in [-0.2, 0) is 4.74 Å². The average molecular weight is 193 g/mol. The van der Waals surface area contributed by atoms with Gasteiger partial charge in [0.1, 0.15) is 24.4 Å². The van der Waals surface area contributed by atoms with E-state index in [0.29, 0.717) is 0 Å². The van der Waals surface area contributed by atoms with Crippen molar-refractivity contribution >= 4 is 0 Å². The number of nitrogens with zero attached hydrogens (tertiary/aromatic N) is 1. The Hall–Kier alpha value is -0.600. The Morgan fingerprint density at radius 3 is 2.23 bits per heavy atom. The molecule has 7 nitrogen and oxygen atoms in total. The number of hydrogen-bond donors (Lipinski definition) is 4. The zero-order valence-corrected chi connectivity index (χ0v) is 6.65. The van der Waals surface area contributed by atoms with E-state index in [4.69, 9.17) is 20.1 Å². The van der Waals surface area contributed by atoms with Crippen molar-refractivity contribution in [3.8, 4) is 0 Å². The van der Waals surface area contributed by atoms with Crippen LogP contribution in [0.25, 0.3) is 0 Å². The van der Waals surface area contributed by atoms with Gasteiger partial charge in [-0.3, -0.25) is 0 Å². The van der Waals surface area contributed by atoms with E-state index in [0.717, 1.165) is 0 Å². The van der Waals surface area contributed by atoms with Crippen molar-refractivity contribution in [2.24, 2.45) is 5.18 Å². The number of ether oxygens (including phenoxy) is 1. The highest BCUT2D eigenvalue weighted by Gasteiger charge is 2.44. The first-order chi connectivity index (χ1) is 6.11. The van der Waals surface area contributed by atoms with Crippen molar-refractivity contribution < 1.29 is 25.2 Å². The molecule has 0 amide bonds. The molecule has 1 aliphatic rings. The molecule has 0 bridgehead atoms. The molecule has 0 aliphatic carbocycles. The minimum absolute atomic E-state index is 0.559. The van der Waals surface area contributed by atoms with Crippen molar-refractivity contribution in [2.45, 2.75) is 30.6 Å². The minimum Gasteiger partial charge on any atom is -0.394 e. The van der Waals surface area contributed by atoms with Gasteiger partial charge in [0.05, 0.1) is 6.61 Å². The number of aliphatic hydroxyl groups is 4. The molecule has 76 valence electrons. The third-order valence-corrected chi connectivity index (χ3v) is 1.97. The van der Waals surface area contributed by atoms with Crippen LogP contribution in [0.4, 0.5) is 0 Å².